The molecule has 0 N–H and O–H groups in total. The van der Waals surface area contributed by atoms with Crippen molar-refractivity contribution in [2.75, 3.05) is 0 Å². The molecule has 0 aromatic heterocycles. The second-order valence-corrected chi connectivity index (χ2v) is 4.89. The maximum Gasteiger partial charge on any atom is -0.00665 e. The number of allylic oxidation sites excluding steroid dienone is 13. The molecule has 0 bridgehead atoms. The maximum absolute atomic E-state index is 4.06. The predicted molar refractivity (Wildman–Crippen MR) is 80.3 cm³/mol. The highest BCUT2D eigenvalue weighted by molar-refractivity contribution is 5.39. The standard InChI is InChI=1S/C18H20/c1-15-12-16(2)14-18(13-15)11-10-17-8-6-4-3-5-7-9-17/h3-8,10,12,14H,1,9,11,13H2,2H3/b4-3?,7-5?,8-6?,17-10-. The van der Waals surface area contributed by atoms with Crippen molar-refractivity contribution in [2.45, 2.75) is 26.2 Å². The van der Waals surface area contributed by atoms with E-state index in [9.17, 15) is 0 Å². The SMILES string of the molecule is C=C1C=C(C)C=C(C/C=C2/C=CC=CC=CC2)C1. The molecule has 18 heavy (non-hydrogen) atoms. The first-order valence-electron chi connectivity index (χ1n) is 6.48. The van der Waals surface area contributed by atoms with Crippen molar-refractivity contribution in [3.05, 3.63) is 83.6 Å². The Labute approximate surface area is 110 Å². The van der Waals surface area contributed by atoms with Crippen molar-refractivity contribution < 1.29 is 0 Å². The van der Waals surface area contributed by atoms with Crippen LogP contribution in [0, 0.1) is 0 Å². The molecule has 0 aliphatic heterocycles. The molecule has 0 saturated heterocycles. The van der Waals surface area contributed by atoms with E-state index in [0.29, 0.717) is 0 Å². The molecule has 0 fully saturated rings. The smallest absolute Gasteiger partial charge is 0.00665 e. The molecule has 0 nitrogen and oxygen atoms in total. The van der Waals surface area contributed by atoms with Gasteiger partial charge in [0.1, 0.15) is 0 Å². The third kappa shape index (κ3) is 3.89. The van der Waals surface area contributed by atoms with Gasteiger partial charge in [0.25, 0.3) is 0 Å². The van der Waals surface area contributed by atoms with Gasteiger partial charge in [0, 0.05) is 0 Å². The van der Waals surface area contributed by atoms with Gasteiger partial charge in [-0.2, -0.15) is 0 Å². The van der Waals surface area contributed by atoms with Crippen LogP contribution in [-0.4, -0.2) is 0 Å². The minimum atomic E-state index is 1.01. The Morgan fingerprint density at radius 3 is 2.83 bits per heavy atom. The van der Waals surface area contributed by atoms with Crippen LogP contribution in [0.2, 0.25) is 0 Å². The first-order chi connectivity index (χ1) is 8.74. The first-order valence-corrected chi connectivity index (χ1v) is 6.48. The zero-order chi connectivity index (χ0) is 12.8. The third-order valence-corrected chi connectivity index (χ3v) is 3.08. The van der Waals surface area contributed by atoms with Crippen LogP contribution < -0.4 is 0 Å². The summed E-state index contributed by atoms with van der Waals surface area (Å²) < 4.78 is 0. The lowest BCUT2D eigenvalue weighted by Crippen LogP contribution is -1.92. The summed E-state index contributed by atoms with van der Waals surface area (Å²) in [5.74, 6) is 0. The Hall–Kier alpha value is -1.82. The fourth-order valence-corrected chi connectivity index (χ4v) is 2.28. The third-order valence-electron chi connectivity index (χ3n) is 3.08. The summed E-state index contributed by atoms with van der Waals surface area (Å²) in [5.41, 5.74) is 5.38. The van der Waals surface area contributed by atoms with E-state index in [1.807, 2.05) is 0 Å². The van der Waals surface area contributed by atoms with E-state index in [2.05, 4.69) is 68.2 Å². The predicted octanol–water partition coefficient (Wildman–Crippen LogP) is 5.21. The summed E-state index contributed by atoms with van der Waals surface area (Å²) in [6.07, 6.45) is 22.6. The molecule has 0 radical (unpaired) electrons. The van der Waals surface area contributed by atoms with Gasteiger partial charge in [0.05, 0.1) is 0 Å². The van der Waals surface area contributed by atoms with Crippen molar-refractivity contribution in [2.24, 2.45) is 0 Å². The lowest BCUT2D eigenvalue weighted by Gasteiger charge is -2.12. The molecule has 0 heteroatoms. The zero-order valence-electron chi connectivity index (χ0n) is 11.0. The maximum atomic E-state index is 4.06. The van der Waals surface area contributed by atoms with Crippen LogP contribution in [0.3, 0.4) is 0 Å². The Balaban J connectivity index is 2.04. The molecule has 0 amide bonds. The number of rotatable bonds is 2. The van der Waals surface area contributed by atoms with Gasteiger partial charge in [-0.15, -0.1) is 0 Å². The molecule has 2 aliphatic rings. The zero-order valence-corrected chi connectivity index (χ0v) is 11.0. The molecule has 0 spiro atoms. The molecule has 2 aliphatic carbocycles. The molecule has 0 unspecified atom stereocenters. The highest BCUT2D eigenvalue weighted by Gasteiger charge is 2.04. The van der Waals surface area contributed by atoms with Crippen molar-refractivity contribution in [1.82, 2.24) is 0 Å². The summed E-state index contributed by atoms with van der Waals surface area (Å²) in [5, 5.41) is 0. The quantitative estimate of drug-likeness (QED) is 0.617. The lowest BCUT2D eigenvalue weighted by atomic mass is 9.93. The highest BCUT2D eigenvalue weighted by atomic mass is 14.1. The summed E-state index contributed by atoms with van der Waals surface area (Å²) in [7, 11) is 0. The average molecular weight is 236 g/mol. The molecule has 2 rings (SSSR count). The molecular weight excluding hydrogens is 216 g/mol. The van der Waals surface area contributed by atoms with Crippen molar-refractivity contribution in [1.29, 1.82) is 0 Å². The van der Waals surface area contributed by atoms with Crippen molar-refractivity contribution >= 4 is 0 Å². The van der Waals surface area contributed by atoms with Crippen LogP contribution in [0.25, 0.3) is 0 Å². The van der Waals surface area contributed by atoms with Gasteiger partial charge >= 0.3 is 0 Å². The van der Waals surface area contributed by atoms with Crippen LogP contribution in [0.15, 0.2) is 83.6 Å². The van der Waals surface area contributed by atoms with E-state index in [1.54, 1.807) is 0 Å². The second-order valence-electron chi connectivity index (χ2n) is 4.89. The van der Waals surface area contributed by atoms with Crippen LogP contribution in [0.4, 0.5) is 0 Å². The summed E-state index contributed by atoms with van der Waals surface area (Å²) in [6.45, 7) is 6.20. The largest absolute Gasteiger partial charge is 0.0955 e. The van der Waals surface area contributed by atoms with E-state index in [0.717, 1.165) is 19.3 Å². The van der Waals surface area contributed by atoms with E-state index in [-0.39, 0.29) is 0 Å². The van der Waals surface area contributed by atoms with E-state index in [1.165, 1.54) is 22.3 Å². The summed E-state index contributed by atoms with van der Waals surface area (Å²) >= 11 is 0. The number of hydrogen-bond donors (Lipinski definition) is 0. The molecule has 0 aromatic rings. The van der Waals surface area contributed by atoms with Gasteiger partial charge in [-0.3, -0.25) is 0 Å². The Kier molecular flexibility index (Phi) is 4.35. The summed E-state index contributed by atoms with van der Waals surface area (Å²) in [4.78, 5) is 0. The van der Waals surface area contributed by atoms with Gasteiger partial charge in [-0.05, 0) is 31.8 Å². The van der Waals surface area contributed by atoms with Crippen molar-refractivity contribution in [3.63, 3.8) is 0 Å². The monoisotopic (exact) mass is 236 g/mol. The second kappa shape index (κ2) is 6.20. The van der Waals surface area contributed by atoms with Gasteiger partial charge < -0.3 is 0 Å². The topological polar surface area (TPSA) is 0 Å². The van der Waals surface area contributed by atoms with E-state index >= 15 is 0 Å². The van der Waals surface area contributed by atoms with Gasteiger partial charge in [-0.25, -0.2) is 0 Å². The van der Waals surface area contributed by atoms with E-state index in [4.69, 9.17) is 0 Å². The van der Waals surface area contributed by atoms with Gasteiger partial charge in [0.15, 0.2) is 0 Å². The van der Waals surface area contributed by atoms with Crippen LogP contribution in [0.5, 0.6) is 0 Å². The Bertz CT molecular complexity index is 502. The molecule has 0 atom stereocenters. The van der Waals surface area contributed by atoms with Crippen LogP contribution in [-0.2, 0) is 0 Å². The Morgan fingerprint density at radius 2 is 2.00 bits per heavy atom. The average Bonchev–Trinajstić information content (AvgIpc) is 2.26. The molecule has 0 saturated carbocycles. The number of hydrogen-bond acceptors (Lipinski definition) is 0. The normalized spacial score (nSPS) is 21.6. The summed E-state index contributed by atoms with van der Waals surface area (Å²) in [6, 6.07) is 0. The fraction of sp³-hybridized carbons (Fsp3) is 0.222. The highest BCUT2D eigenvalue weighted by Crippen LogP contribution is 2.24. The first kappa shape index (κ1) is 12.6. The molecular formula is C18H20. The van der Waals surface area contributed by atoms with Gasteiger partial charge in [-0.1, -0.05) is 78.0 Å². The van der Waals surface area contributed by atoms with Crippen LogP contribution >= 0.6 is 0 Å². The van der Waals surface area contributed by atoms with E-state index < -0.39 is 0 Å². The molecule has 0 heterocycles. The van der Waals surface area contributed by atoms with Crippen LogP contribution in [0.1, 0.15) is 26.2 Å². The minimum Gasteiger partial charge on any atom is -0.0955 e. The molecule has 92 valence electrons. The molecule has 0 aromatic carbocycles. The lowest BCUT2D eigenvalue weighted by molar-refractivity contribution is 1.03. The fourth-order valence-electron chi connectivity index (χ4n) is 2.28. The Morgan fingerprint density at radius 1 is 1.17 bits per heavy atom. The van der Waals surface area contributed by atoms with Gasteiger partial charge in [0.2, 0.25) is 0 Å². The van der Waals surface area contributed by atoms with Crippen molar-refractivity contribution in [3.8, 4) is 0 Å². The minimum absolute atomic E-state index is 1.01.